The Balaban J connectivity index is 0.000000292. The third-order valence-electron chi connectivity index (χ3n) is 4.08. The van der Waals surface area contributed by atoms with E-state index < -0.39 is 0 Å². The van der Waals surface area contributed by atoms with E-state index in [1.165, 1.54) is 0 Å². The predicted molar refractivity (Wildman–Crippen MR) is 138 cm³/mol. The molecule has 4 rings (SSSR count). The molecule has 31 heavy (non-hydrogen) atoms. The van der Waals surface area contributed by atoms with Crippen LogP contribution in [-0.2, 0) is 0 Å². The second-order valence-corrected chi connectivity index (χ2v) is 6.78. The number of benzene rings is 2. The number of aromatic hydroxyl groups is 1. The predicted octanol–water partition coefficient (Wildman–Crippen LogP) is 7.67. The molecule has 0 spiro atoms. The van der Waals surface area contributed by atoms with Crippen molar-refractivity contribution in [2.75, 3.05) is 7.11 Å². The largest absolute Gasteiger partial charge is 0.508 e. The van der Waals surface area contributed by atoms with Crippen LogP contribution in [0.3, 0.4) is 0 Å². The van der Waals surface area contributed by atoms with Crippen molar-refractivity contribution in [3.63, 3.8) is 0 Å². The van der Waals surface area contributed by atoms with Crippen LogP contribution in [0, 0.1) is 0 Å². The number of nitrogens with zero attached hydrogens (tertiary/aromatic N) is 2. The molecular formula is C23H20Br2Cl2N2O2. The van der Waals surface area contributed by atoms with Crippen LogP contribution < -0.4 is 4.74 Å². The molecule has 0 aliphatic rings. The van der Waals surface area contributed by atoms with E-state index in [1.807, 2.05) is 54.6 Å². The van der Waals surface area contributed by atoms with E-state index in [0.717, 1.165) is 28.0 Å². The normalized spacial score (nSPS) is 9.39. The number of phenolic OH excluding ortho intramolecular Hbond substituents is 1. The van der Waals surface area contributed by atoms with Crippen LogP contribution in [0.15, 0.2) is 85.2 Å². The van der Waals surface area contributed by atoms with E-state index in [-0.39, 0.29) is 39.7 Å². The summed E-state index contributed by atoms with van der Waals surface area (Å²) in [5, 5.41) is 10.1. The minimum atomic E-state index is 0. The van der Waals surface area contributed by atoms with Gasteiger partial charge in [0.1, 0.15) is 21.8 Å². The summed E-state index contributed by atoms with van der Waals surface area (Å²) in [5.74, 6) is 1.10. The Hall–Kier alpha value is -2.12. The van der Waals surface area contributed by atoms with Gasteiger partial charge in [0.25, 0.3) is 0 Å². The average Bonchev–Trinajstić information content (AvgIpc) is 2.75. The number of halogens is 4. The Morgan fingerprint density at radius 2 is 1.06 bits per heavy atom. The van der Waals surface area contributed by atoms with Crippen molar-refractivity contribution in [1.82, 2.24) is 9.97 Å². The second-order valence-electron chi connectivity index (χ2n) is 6.01. The number of rotatable bonds is 3. The van der Waals surface area contributed by atoms with Crippen LogP contribution in [0.2, 0.25) is 10.3 Å². The summed E-state index contributed by atoms with van der Waals surface area (Å²) >= 11 is 11.6. The molecule has 0 saturated carbocycles. The number of hydrogen-bond donors (Lipinski definition) is 1. The van der Waals surface area contributed by atoms with Gasteiger partial charge in [-0.15, -0.1) is 34.0 Å². The van der Waals surface area contributed by atoms with Crippen molar-refractivity contribution in [1.29, 1.82) is 0 Å². The molecule has 4 aromatic rings. The highest BCUT2D eigenvalue weighted by molar-refractivity contribution is 8.93. The number of ether oxygens (including phenoxy) is 1. The Bertz CT molecular complexity index is 1080. The van der Waals surface area contributed by atoms with Gasteiger partial charge in [-0.05, 0) is 70.8 Å². The highest BCUT2D eigenvalue weighted by Gasteiger charge is 2.00. The van der Waals surface area contributed by atoms with Gasteiger partial charge in [-0.1, -0.05) is 47.5 Å². The van der Waals surface area contributed by atoms with Gasteiger partial charge in [0.2, 0.25) is 0 Å². The van der Waals surface area contributed by atoms with Crippen LogP contribution in [0.4, 0.5) is 0 Å². The molecule has 2 heterocycles. The fourth-order valence-electron chi connectivity index (χ4n) is 2.60. The zero-order chi connectivity index (χ0) is 20.6. The first kappa shape index (κ1) is 26.9. The molecule has 2 aromatic heterocycles. The molecule has 8 heteroatoms. The summed E-state index contributed by atoms with van der Waals surface area (Å²) in [6.45, 7) is 0. The fraction of sp³-hybridized carbons (Fsp3) is 0.0435. The molecule has 0 amide bonds. The molecule has 0 aliphatic carbocycles. The quantitative estimate of drug-likeness (QED) is 0.250. The summed E-state index contributed by atoms with van der Waals surface area (Å²) in [6.07, 6.45) is 3.35. The summed E-state index contributed by atoms with van der Waals surface area (Å²) in [6, 6.07) is 22.2. The van der Waals surface area contributed by atoms with Gasteiger partial charge in [0.15, 0.2) is 0 Å². The van der Waals surface area contributed by atoms with Crippen molar-refractivity contribution in [2.24, 2.45) is 0 Å². The van der Waals surface area contributed by atoms with Crippen molar-refractivity contribution < 1.29 is 9.84 Å². The summed E-state index contributed by atoms with van der Waals surface area (Å²) in [7, 11) is 1.65. The van der Waals surface area contributed by atoms with Crippen LogP contribution in [0.5, 0.6) is 11.5 Å². The maximum Gasteiger partial charge on any atom is 0.129 e. The third kappa shape index (κ3) is 8.15. The summed E-state index contributed by atoms with van der Waals surface area (Å²) in [5.41, 5.74) is 4.15. The van der Waals surface area contributed by atoms with E-state index in [0.29, 0.717) is 10.3 Å². The highest BCUT2D eigenvalue weighted by atomic mass is 79.9. The van der Waals surface area contributed by atoms with Gasteiger partial charge in [-0.3, -0.25) is 0 Å². The van der Waals surface area contributed by atoms with Crippen LogP contribution in [0.1, 0.15) is 0 Å². The molecule has 4 nitrogen and oxygen atoms in total. The van der Waals surface area contributed by atoms with Crippen LogP contribution in [0.25, 0.3) is 22.3 Å². The van der Waals surface area contributed by atoms with Crippen molar-refractivity contribution >= 4 is 57.2 Å². The third-order valence-corrected chi connectivity index (χ3v) is 4.49. The van der Waals surface area contributed by atoms with E-state index in [4.69, 9.17) is 33.0 Å². The molecule has 2 aromatic carbocycles. The molecule has 0 radical (unpaired) electrons. The van der Waals surface area contributed by atoms with Gasteiger partial charge < -0.3 is 9.84 Å². The monoisotopic (exact) mass is 584 g/mol. The first-order chi connectivity index (χ1) is 14.0. The van der Waals surface area contributed by atoms with Gasteiger partial charge in [-0.2, -0.15) is 0 Å². The van der Waals surface area contributed by atoms with Crippen molar-refractivity contribution in [3.8, 4) is 33.8 Å². The van der Waals surface area contributed by atoms with E-state index in [9.17, 15) is 0 Å². The highest BCUT2D eigenvalue weighted by Crippen LogP contribution is 2.24. The molecule has 1 N–H and O–H groups in total. The zero-order valence-electron chi connectivity index (χ0n) is 16.4. The van der Waals surface area contributed by atoms with Crippen molar-refractivity contribution in [3.05, 3.63) is 95.5 Å². The zero-order valence-corrected chi connectivity index (χ0v) is 21.3. The smallest absolute Gasteiger partial charge is 0.129 e. The Morgan fingerprint density at radius 1 is 0.645 bits per heavy atom. The molecule has 0 saturated heterocycles. The van der Waals surface area contributed by atoms with Gasteiger partial charge in [0.05, 0.1) is 7.11 Å². The lowest BCUT2D eigenvalue weighted by atomic mass is 10.1. The first-order valence-electron chi connectivity index (χ1n) is 8.72. The Kier molecular flexibility index (Phi) is 11.6. The summed E-state index contributed by atoms with van der Waals surface area (Å²) in [4.78, 5) is 7.84. The lowest BCUT2D eigenvalue weighted by Crippen LogP contribution is -1.83. The molecule has 0 aliphatic heterocycles. The van der Waals surface area contributed by atoms with E-state index in [2.05, 4.69) is 9.97 Å². The Morgan fingerprint density at radius 3 is 1.45 bits per heavy atom. The molecule has 162 valence electrons. The minimum Gasteiger partial charge on any atom is -0.508 e. The van der Waals surface area contributed by atoms with Gasteiger partial charge in [-0.25, -0.2) is 9.97 Å². The summed E-state index contributed by atoms with van der Waals surface area (Å²) < 4.78 is 5.09. The average molecular weight is 587 g/mol. The van der Waals surface area contributed by atoms with Gasteiger partial charge >= 0.3 is 0 Å². The fourth-order valence-corrected chi connectivity index (χ4v) is 2.95. The SMILES string of the molecule is Br.Br.COc1ccc(-c2ccnc(Cl)c2)cc1.Oc1ccc(-c2ccnc(Cl)c2)cc1. The first-order valence-corrected chi connectivity index (χ1v) is 9.47. The number of hydrogen-bond acceptors (Lipinski definition) is 4. The molecule has 0 atom stereocenters. The maximum atomic E-state index is 9.12. The van der Waals surface area contributed by atoms with Crippen LogP contribution >= 0.6 is 57.2 Å². The van der Waals surface area contributed by atoms with E-state index >= 15 is 0 Å². The molecule has 0 unspecified atom stereocenters. The molecule has 0 bridgehead atoms. The van der Waals surface area contributed by atoms with Crippen molar-refractivity contribution in [2.45, 2.75) is 0 Å². The van der Waals surface area contributed by atoms with E-state index in [1.54, 1.807) is 37.7 Å². The van der Waals surface area contributed by atoms with Crippen LogP contribution in [-0.4, -0.2) is 22.2 Å². The second kappa shape index (κ2) is 13.3. The molecule has 0 fully saturated rings. The number of phenols is 1. The lowest BCUT2D eigenvalue weighted by Gasteiger charge is -2.03. The number of methoxy groups -OCH3 is 1. The number of pyridine rings is 2. The Labute approximate surface area is 212 Å². The molecular weight excluding hydrogens is 567 g/mol. The van der Waals surface area contributed by atoms with Gasteiger partial charge in [0, 0.05) is 12.4 Å². The standard InChI is InChI=1S/C12H10ClNO.C11H8ClNO.2BrH/c1-15-11-4-2-9(3-5-11)10-6-7-14-12(13)8-10;12-11-7-9(5-6-13-11)8-1-3-10(14)4-2-8;;/h2-8H,1H3;1-7,14H;2*1H. The lowest BCUT2D eigenvalue weighted by molar-refractivity contribution is 0.415. The topological polar surface area (TPSA) is 55.2 Å². The number of aromatic nitrogens is 2. The maximum absolute atomic E-state index is 9.12. The minimum absolute atomic E-state index is 0.